The maximum absolute atomic E-state index is 13.4. The van der Waals surface area contributed by atoms with E-state index in [-0.39, 0.29) is 28.9 Å². The van der Waals surface area contributed by atoms with Crippen molar-refractivity contribution in [1.82, 2.24) is 19.0 Å². The lowest BCUT2D eigenvalue weighted by Crippen LogP contribution is -2.50. The van der Waals surface area contributed by atoms with Crippen LogP contribution >= 0.6 is 11.6 Å². The second-order valence-corrected chi connectivity index (χ2v) is 10.9. The molecule has 0 unspecified atom stereocenters. The van der Waals surface area contributed by atoms with Gasteiger partial charge in [-0.3, -0.25) is 9.48 Å². The number of halogens is 2. The van der Waals surface area contributed by atoms with Gasteiger partial charge in [0.2, 0.25) is 15.9 Å². The molecule has 0 spiro atoms. The van der Waals surface area contributed by atoms with E-state index in [1.54, 1.807) is 4.90 Å². The molecule has 2 heterocycles. The molecule has 1 amide bonds. The van der Waals surface area contributed by atoms with Crippen LogP contribution < -0.4 is 0 Å². The zero-order valence-electron chi connectivity index (χ0n) is 18.9. The minimum Gasteiger partial charge on any atom is -0.340 e. The van der Waals surface area contributed by atoms with Gasteiger partial charge < -0.3 is 4.90 Å². The molecule has 32 heavy (non-hydrogen) atoms. The summed E-state index contributed by atoms with van der Waals surface area (Å²) in [6.45, 7) is 10.1. The molecule has 7 nitrogen and oxygen atoms in total. The fourth-order valence-corrected chi connectivity index (χ4v) is 5.67. The van der Waals surface area contributed by atoms with Crippen LogP contribution in [0.1, 0.15) is 37.2 Å². The number of piperazine rings is 1. The first-order chi connectivity index (χ1) is 15.0. The fourth-order valence-electron chi connectivity index (χ4n) is 3.97. The molecule has 2 aromatic rings. The summed E-state index contributed by atoms with van der Waals surface area (Å²) >= 11 is 5.74. The van der Waals surface area contributed by atoms with Crippen molar-refractivity contribution in [3.05, 3.63) is 46.0 Å². The second-order valence-electron chi connectivity index (χ2n) is 8.59. The molecule has 0 bridgehead atoms. The highest BCUT2D eigenvalue weighted by atomic mass is 35.5. The van der Waals surface area contributed by atoms with E-state index in [0.29, 0.717) is 31.8 Å². The zero-order valence-corrected chi connectivity index (χ0v) is 20.5. The second kappa shape index (κ2) is 9.89. The Bertz CT molecular complexity index is 1090. The van der Waals surface area contributed by atoms with E-state index in [4.69, 9.17) is 11.6 Å². The molecule has 1 saturated heterocycles. The fraction of sp³-hybridized carbons (Fsp3) is 0.545. The molecule has 0 aliphatic carbocycles. The lowest BCUT2D eigenvalue weighted by molar-refractivity contribution is -0.132. The number of sulfonamides is 1. The Hall–Kier alpha value is -1.97. The number of benzene rings is 1. The predicted octanol–water partition coefficient (Wildman–Crippen LogP) is 3.41. The van der Waals surface area contributed by atoms with Crippen molar-refractivity contribution in [1.29, 1.82) is 0 Å². The molecular formula is C22H30ClFN4O3S. The molecule has 0 atom stereocenters. The van der Waals surface area contributed by atoms with E-state index in [1.807, 2.05) is 18.5 Å². The molecule has 0 N–H and O–H groups in total. The van der Waals surface area contributed by atoms with Crippen LogP contribution in [0.25, 0.3) is 0 Å². The smallest absolute Gasteiger partial charge is 0.243 e. The van der Waals surface area contributed by atoms with Crippen LogP contribution in [-0.2, 0) is 27.8 Å². The van der Waals surface area contributed by atoms with Crippen LogP contribution in [0.15, 0.2) is 23.1 Å². The maximum Gasteiger partial charge on any atom is 0.243 e. The molecule has 1 aliphatic rings. The van der Waals surface area contributed by atoms with Gasteiger partial charge in [0.25, 0.3) is 0 Å². The Balaban J connectivity index is 1.58. The van der Waals surface area contributed by atoms with Crippen LogP contribution in [-0.4, -0.2) is 59.5 Å². The largest absolute Gasteiger partial charge is 0.340 e. The summed E-state index contributed by atoms with van der Waals surface area (Å²) in [4.78, 5) is 14.4. The number of aryl methyl sites for hydroxylation is 1. The monoisotopic (exact) mass is 484 g/mol. The minimum atomic E-state index is -3.79. The van der Waals surface area contributed by atoms with Crippen molar-refractivity contribution in [2.24, 2.45) is 5.92 Å². The minimum absolute atomic E-state index is 0.00211. The molecule has 1 aromatic carbocycles. The average Bonchev–Trinajstić information content (AvgIpc) is 3.00. The first-order valence-electron chi connectivity index (χ1n) is 10.8. The summed E-state index contributed by atoms with van der Waals surface area (Å²) < 4.78 is 42.3. The lowest BCUT2D eigenvalue weighted by atomic mass is 10.1. The Morgan fingerprint density at radius 2 is 1.84 bits per heavy atom. The lowest BCUT2D eigenvalue weighted by Gasteiger charge is -2.34. The highest BCUT2D eigenvalue weighted by Crippen LogP contribution is 2.23. The molecule has 0 saturated carbocycles. The molecule has 0 radical (unpaired) electrons. The number of nitrogens with zero attached hydrogens (tertiary/aromatic N) is 4. The summed E-state index contributed by atoms with van der Waals surface area (Å²) in [6, 6.07) is 3.37. The number of amides is 1. The molecule has 176 valence electrons. The van der Waals surface area contributed by atoms with Crippen molar-refractivity contribution in [2.75, 3.05) is 26.2 Å². The Morgan fingerprint density at radius 3 is 2.44 bits per heavy atom. The van der Waals surface area contributed by atoms with Crippen LogP contribution in [0.2, 0.25) is 5.02 Å². The normalized spacial score (nSPS) is 15.5. The SMILES string of the molecule is Cc1nn(CC(C)C)c(C)c1CCC(=O)N1CCN(S(=O)(=O)c2ccc(F)c(Cl)c2)CC1. The van der Waals surface area contributed by atoms with Crippen LogP contribution in [0, 0.1) is 25.6 Å². The van der Waals surface area contributed by atoms with Crippen molar-refractivity contribution in [2.45, 2.75) is 52.0 Å². The third-order valence-corrected chi connectivity index (χ3v) is 7.96. The van der Waals surface area contributed by atoms with E-state index in [2.05, 4.69) is 18.9 Å². The standard InChI is InChI=1S/C22H30ClFN4O3S/c1-15(2)14-28-17(4)19(16(3)25-28)6-8-22(29)26-9-11-27(12-10-26)32(30,31)18-5-7-21(24)20(23)13-18/h5,7,13,15H,6,8-12,14H2,1-4H3. The van der Waals surface area contributed by atoms with Gasteiger partial charge in [-0.1, -0.05) is 25.4 Å². The van der Waals surface area contributed by atoms with Crippen molar-refractivity contribution in [3.8, 4) is 0 Å². The maximum atomic E-state index is 13.4. The molecular weight excluding hydrogens is 455 g/mol. The molecule has 10 heteroatoms. The van der Waals surface area contributed by atoms with Gasteiger partial charge in [0.05, 0.1) is 15.6 Å². The van der Waals surface area contributed by atoms with E-state index in [0.717, 1.165) is 35.6 Å². The predicted molar refractivity (Wildman–Crippen MR) is 122 cm³/mol. The molecule has 3 rings (SSSR count). The molecule has 1 aromatic heterocycles. The van der Waals surface area contributed by atoms with Gasteiger partial charge in [0, 0.05) is 44.8 Å². The highest BCUT2D eigenvalue weighted by molar-refractivity contribution is 7.89. The number of rotatable bonds is 7. The van der Waals surface area contributed by atoms with E-state index in [1.165, 1.54) is 10.4 Å². The zero-order chi connectivity index (χ0) is 23.6. The average molecular weight is 485 g/mol. The number of hydrogen-bond donors (Lipinski definition) is 0. The van der Waals surface area contributed by atoms with Crippen LogP contribution in [0.5, 0.6) is 0 Å². The highest BCUT2D eigenvalue weighted by Gasteiger charge is 2.30. The van der Waals surface area contributed by atoms with Crippen molar-refractivity contribution in [3.63, 3.8) is 0 Å². The van der Waals surface area contributed by atoms with E-state index in [9.17, 15) is 17.6 Å². The molecule has 1 fully saturated rings. The summed E-state index contributed by atoms with van der Waals surface area (Å²) in [5, 5.41) is 4.37. The number of carbonyl (C=O) groups is 1. The summed E-state index contributed by atoms with van der Waals surface area (Å²) in [6.07, 6.45) is 0.969. The van der Waals surface area contributed by atoms with Gasteiger partial charge >= 0.3 is 0 Å². The van der Waals surface area contributed by atoms with Gasteiger partial charge in [0.1, 0.15) is 5.82 Å². The van der Waals surface area contributed by atoms with Gasteiger partial charge in [-0.2, -0.15) is 9.40 Å². The first-order valence-corrected chi connectivity index (χ1v) is 12.6. The Morgan fingerprint density at radius 1 is 1.19 bits per heavy atom. The van der Waals surface area contributed by atoms with E-state index < -0.39 is 15.8 Å². The van der Waals surface area contributed by atoms with Gasteiger partial charge in [-0.15, -0.1) is 0 Å². The van der Waals surface area contributed by atoms with E-state index >= 15 is 0 Å². The van der Waals surface area contributed by atoms with Crippen molar-refractivity contribution >= 4 is 27.5 Å². The third-order valence-electron chi connectivity index (χ3n) is 5.78. The number of hydrogen-bond acceptors (Lipinski definition) is 4. The first kappa shape index (κ1) is 24.7. The third kappa shape index (κ3) is 5.32. The van der Waals surface area contributed by atoms with Crippen LogP contribution in [0.3, 0.4) is 0 Å². The molecule has 1 aliphatic heterocycles. The summed E-state index contributed by atoms with van der Waals surface area (Å²) in [5.74, 6) is -0.176. The summed E-state index contributed by atoms with van der Waals surface area (Å²) in [5.41, 5.74) is 3.15. The Kier molecular flexibility index (Phi) is 7.62. The van der Waals surface area contributed by atoms with Crippen molar-refractivity contribution < 1.29 is 17.6 Å². The quantitative estimate of drug-likeness (QED) is 0.603. The number of carbonyl (C=O) groups excluding carboxylic acids is 1. The van der Waals surface area contributed by atoms with Crippen LogP contribution in [0.4, 0.5) is 4.39 Å². The Labute approximate surface area is 194 Å². The van der Waals surface area contributed by atoms with Gasteiger partial charge in [0.15, 0.2) is 0 Å². The summed E-state index contributed by atoms with van der Waals surface area (Å²) in [7, 11) is -3.79. The topological polar surface area (TPSA) is 75.5 Å². The van der Waals surface area contributed by atoms with Gasteiger partial charge in [-0.05, 0) is 49.9 Å². The van der Waals surface area contributed by atoms with Gasteiger partial charge in [-0.25, -0.2) is 12.8 Å². The number of aromatic nitrogens is 2.